The average Bonchev–Trinajstić information content (AvgIpc) is 3.08. The number of fused-ring (bicyclic) bond motifs is 1. The first-order valence-corrected chi connectivity index (χ1v) is 9.70. The van der Waals surface area contributed by atoms with Gasteiger partial charge < -0.3 is 25.2 Å². The maximum Gasteiger partial charge on any atom is 0.418 e. The molecular weight excluding hydrogens is 411 g/mol. The molecule has 1 aromatic heterocycles. The standard InChI is InChI=1S/C21H24F3N5O2/c1-4-29(10-9-28(2)3)18-12-17-16(11-13(18)19(30)31)26-20(27-17)25-15-8-6-5-7-14(15)21(22,23)24/h5-8,11-12H,4,9-10H2,1-3H3,(H,30,31)(H2,25,26,27). The van der Waals surface area contributed by atoms with Gasteiger partial charge in [-0.25, -0.2) is 9.78 Å². The van der Waals surface area contributed by atoms with E-state index >= 15 is 0 Å². The number of alkyl halides is 3. The van der Waals surface area contributed by atoms with Crippen LogP contribution in [-0.4, -0.2) is 59.7 Å². The molecule has 0 spiro atoms. The van der Waals surface area contributed by atoms with Gasteiger partial charge in [-0.15, -0.1) is 0 Å². The number of halogens is 3. The molecule has 0 amide bonds. The third kappa shape index (κ3) is 5.08. The van der Waals surface area contributed by atoms with E-state index in [9.17, 15) is 23.1 Å². The summed E-state index contributed by atoms with van der Waals surface area (Å²) in [6.45, 7) is 3.86. The molecule has 0 saturated heterocycles. The largest absolute Gasteiger partial charge is 0.478 e. The lowest BCUT2D eigenvalue weighted by molar-refractivity contribution is -0.136. The van der Waals surface area contributed by atoms with Crippen LogP contribution in [0.3, 0.4) is 0 Å². The molecule has 1 heterocycles. The van der Waals surface area contributed by atoms with Crippen molar-refractivity contribution in [2.24, 2.45) is 0 Å². The van der Waals surface area contributed by atoms with Crippen LogP contribution in [0.15, 0.2) is 36.4 Å². The number of rotatable bonds is 8. The van der Waals surface area contributed by atoms with E-state index in [0.717, 1.165) is 12.6 Å². The Bertz CT molecular complexity index is 1080. The number of aromatic carboxylic acids is 1. The number of aromatic amines is 1. The number of likely N-dealkylation sites (N-methyl/N-ethyl adjacent to an activating group) is 2. The van der Waals surface area contributed by atoms with Gasteiger partial charge in [-0.05, 0) is 45.3 Å². The van der Waals surface area contributed by atoms with Crippen molar-refractivity contribution in [3.05, 3.63) is 47.5 Å². The predicted octanol–water partition coefficient (Wildman–Crippen LogP) is 4.41. The van der Waals surface area contributed by atoms with Gasteiger partial charge in [0, 0.05) is 19.6 Å². The number of hydrogen-bond donors (Lipinski definition) is 3. The smallest absolute Gasteiger partial charge is 0.418 e. The van der Waals surface area contributed by atoms with Crippen molar-refractivity contribution in [2.45, 2.75) is 13.1 Å². The van der Waals surface area contributed by atoms with Gasteiger partial charge in [-0.2, -0.15) is 13.2 Å². The SMILES string of the molecule is CCN(CCN(C)C)c1cc2nc(Nc3ccccc3C(F)(F)F)[nH]c2cc1C(=O)O. The van der Waals surface area contributed by atoms with E-state index < -0.39 is 17.7 Å². The summed E-state index contributed by atoms with van der Waals surface area (Å²) in [5, 5.41) is 12.4. The molecule has 0 aliphatic heterocycles. The number of hydrogen-bond acceptors (Lipinski definition) is 5. The van der Waals surface area contributed by atoms with Crippen LogP contribution in [0.2, 0.25) is 0 Å². The molecule has 31 heavy (non-hydrogen) atoms. The lowest BCUT2D eigenvalue weighted by Crippen LogP contribution is -2.32. The van der Waals surface area contributed by atoms with Crippen LogP contribution in [0, 0.1) is 0 Å². The fourth-order valence-electron chi connectivity index (χ4n) is 3.27. The van der Waals surface area contributed by atoms with Crippen LogP contribution in [-0.2, 0) is 6.18 Å². The van der Waals surface area contributed by atoms with Crippen molar-refractivity contribution in [1.29, 1.82) is 0 Å². The number of nitrogens with one attached hydrogen (secondary N) is 2. The topological polar surface area (TPSA) is 84.5 Å². The molecule has 0 saturated carbocycles. The minimum Gasteiger partial charge on any atom is -0.478 e. The Hall–Kier alpha value is -3.27. The molecular formula is C21H24F3N5O2. The van der Waals surface area contributed by atoms with E-state index in [1.165, 1.54) is 24.3 Å². The van der Waals surface area contributed by atoms with Crippen molar-refractivity contribution in [3.8, 4) is 0 Å². The summed E-state index contributed by atoms with van der Waals surface area (Å²) in [4.78, 5) is 23.0. The van der Waals surface area contributed by atoms with Crippen LogP contribution in [0.5, 0.6) is 0 Å². The van der Waals surface area contributed by atoms with Gasteiger partial charge in [0.15, 0.2) is 0 Å². The molecule has 10 heteroatoms. The summed E-state index contributed by atoms with van der Waals surface area (Å²) in [7, 11) is 3.86. The van der Waals surface area contributed by atoms with E-state index in [-0.39, 0.29) is 17.2 Å². The number of H-pyrrole nitrogens is 1. The number of carboxylic acid groups (broad SMARTS) is 1. The van der Waals surface area contributed by atoms with E-state index in [1.807, 2.05) is 30.8 Å². The van der Waals surface area contributed by atoms with Crippen molar-refractivity contribution in [1.82, 2.24) is 14.9 Å². The highest BCUT2D eigenvalue weighted by Crippen LogP contribution is 2.36. The molecule has 0 aliphatic rings. The summed E-state index contributed by atoms with van der Waals surface area (Å²) in [5.41, 5.74) is 0.515. The average molecular weight is 435 g/mol. The number of nitrogens with zero attached hydrogens (tertiary/aromatic N) is 3. The quantitative estimate of drug-likeness (QED) is 0.486. The van der Waals surface area contributed by atoms with E-state index in [2.05, 4.69) is 15.3 Å². The lowest BCUT2D eigenvalue weighted by atomic mass is 10.1. The maximum atomic E-state index is 13.3. The highest BCUT2D eigenvalue weighted by molar-refractivity contribution is 6.00. The summed E-state index contributed by atoms with van der Waals surface area (Å²) in [6, 6.07) is 8.20. The molecule has 7 nitrogen and oxygen atoms in total. The Morgan fingerprint density at radius 2 is 1.90 bits per heavy atom. The second-order valence-corrected chi connectivity index (χ2v) is 7.33. The third-order valence-electron chi connectivity index (χ3n) is 4.85. The number of carbonyl (C=O) groups is 1. The van der Waals surface area contributed by atoms with Crippen LogP contribution in [0.25, 0.3) is 11.0 Å². The molecule has 0 fully saturated rings. The molecule has 0 aliphatic carbocycles. The summed E-state index contributed by atoms with van der Waals surface area (Å²) >= 11 is 0. The highest BCUT2D eigenvalue weighted by atomic mass is 19.4. The number of para-hydroxylation sites is 1. The summed E-state index contributed by atoms with van der Waals surface area (Å²) in [5.74, 6) is -0.997. The molecule has 3 aromatic rings. The first-order valence-electron chi connectivity index (χ1n) is 9.70. The van der Waals surface area contributed by atoms with E-state index in [1.54, 1.807) is 6.07 Å². The number of imidazole rings is 1. The summed E-state index contributed by atoms with van der Waals surface area (Å²) in [6.07, 6.45) is -4.52. The zero-order valence-corrected chi connectivity index (χ0v) is 17.4. The predicted molar refractivity (Wildman–Crippen MR) is 114 cm³/mol. The van der Waals surface area contributed by atoms with Gasteiger partial charge in [0.2, 0.25) is 5.95 Å². The van der Waals surface area contributed by atoms with E-state index in [0.29, 0.717) is 29.8 Å². The van der Waals surface area contributed by atoms with Crippen molar-refractivity contribution in [2.75, 3.05) is 43.9 Å². The maximum absolute atomic E-state index is 13.3. The van der Waals surface area contributed by atoms with Gasteiger partial charge in [-0.1, -0.05) is 12.1 Å². The van der Waals surface area contributed by atoms with Crippen LogP contribution in [0.1, 0.15) is 22.8 Å². The Labute approximate surface area is 177 Å². The van der Waals surface area contributed by atoms with Crippen molar-refractivity contribution >= 4 is 34.3 Å². The monoisotopic (exact) mass is 435 g/mol. The van der Waals surface area contributed by atoms with Crippen LogP contribution in [0.4, 0.5) is 30.5 Å². The van der Waals surface area contributed by atoms with Gasteiger partial charge in [0.05, 0.1) is 33.5 Å². The minimum atomic E-state index is -4.52. The number of anilines is 3. The highest BCUT2D eigenvalue weighted by Gasteiger charge is 2.33. The molecule has 3 rings (SSSR count). The lowest BCUT2D eigenvalue weighted by Gasteiger charge is -2.26. The molecule has 2 aromatic carbocycles. The van der Waals surface area contributed by atoms with Gasteiger partial charge in [0.1, 0.15) is 0 Å². The van der Waals surface area contributed by atoms with Crippen molar-refractivity contribution < 1.29 is 23.1 Å². The van der Waals surface area contributed by atoms with Gasteiger partial charge in [-0.3, -0.25) is 0 Å². The zero-order valence-electron chi connectivity index (χ0n) is 17.4. The third-order valence-corrected chi connectivity index (χ3v) is 4.85. The first kappa shape index (κ1) is 22.4. The second-order valence-electron chi connectivity index (χ2n) is 7.33. The zero-order chi connectivity index (χ0) is 22.8. The molecule has 0 unspecified atom stereocenters. The van der Waals surface area contributed by atoms with Gasteiger partial charge in [0.25, 0.3) is 0 Å². The Morgan fingerprint density at radius 1 is 1.19 bits per heavy atom. The Kier molecular flexibility index (Phi) is 6.40. The normalized spacial score (nSPS) is 11.8. The van der Waals surface area contributed by atoms with E-state index in [4.69, 9.17) is 0 Å². The van der Waals surface area contributed by atoms with Crippen LogP contribution >= 0.6 is 0 Å². The molecule has 0 atom stereocenters. The number of benzene rings is 2. The second kappa shape index (κ2) is 8.84. The van der Waals surface area contributed by atoms with Crippen LogP contribution < -0.4 is 10.2 Å². The number of carboxylic acids is 1. The first-order chi connectivity index (χ1) is 14.6. The van der Waals surface area contributed by atoms with Crippen molar-refractivity contribution in [3.63, 3.8) is 0 Å². The molecule has 166 valence electrons. The minimum absolute atomic E-state index is 0.0940. The Morgan fingerprint density at radius 3 is 2.52 bits per heavy atom. The fourth-order valence-corrected chi connectivity index (χ4v) is 3.27. The summed E-state index contributed by atoms with van der Waals surface area (Å²) < 4.78 is 39.8. The number of aromatic nitrogens is 2. The molecule has 3 N–H and O–H groups in total. The fraction of sp³-hybridized carbons (Fsp3) is 0.333. The van der Waals surface area contributed by atoms with Gasteiger partial charge >= 0.3 is 12.1 Å². The molecule has 0 radical (unpaired) electrons. The molecule has 0 bridgehead atoms. The Balaban J connectivity index is 2.00.